The Bertz CT molecular complexity index is 1330. The maximum absolute atomic E-state index is 13.4. The van der Waals surface area contributed by atoms with Crippen molar-refractivity contribution in [2.75, 3.05) is 37.8 Å². The number of carbonyl (C=O) groups excluding carboxylic acids is 1. The number of carbonyl (C=O) groups is 1. The number of benzene rings is 2. The van der Waals surface area contributed by atoms with Crippen molar-refractivity contribution in [3.8, 4) is 22.8 Å². The highest BCUT2D eigenvalue weighted by Crippen LogP contribution is 2.31. The van der Waals surface area contributed by atoms with E-state index in [0.717, 1.165) is 17.9 Å². The summed E-state index contributed by atoms with van der Waals surface area (Å²) in [6, 6.07) is 18.7. The van der Waals surface area contributed by atoms with Crippen LogP contribution in [0.4, 0.5) is 11.5 Å². The van der Waals surface area contributed by atoms with Crippen molar-refractivity contribution in [3.05, 3.63) is 78.3 Å². The Morgan fingerprint density at radius 3 is 2.42 bits per heavy atom. The number of nitrogens with one attached hydrogen (secondary N) is 2. The number of rotatable bonds is 8. The summed E-state index contributed by atoms with van der Waals surface area (Å²) in [4.78, 5) is 29.1. The molecule has 0 radical (unpaired) electrons. The van der Waals surface area contributed by atoms with Gasteiger partial charge in [0.2, 0.25) is 5.89 Å². The van der Waals surface area contributed by atoms with E-state index in [0.29, 0.717) is 35.3 Å². The van der Waals surface area contributed by atoms with Crippen LogP contribution in [0, 0.1) is 0 Å². The van der Waals surface area contributed by atoms with Crippen molar-refractivity contribution in [2.24, 2.45) is 0 Å². The standard InChI is InChI=1S/C28H32N6O2/c1-28(2,3)23-18-30-27(36-23)20-13-9-10-14-21(20)32-26(35)22-17-24(29-15-16-34(4)5)33-25(31-22)19-11-7-6-8-12-19/h6-14,17-18H,15-16H2,1-5H3,(H,32,35)(H,29,31,33). The van der Waals surface area contributed by atoms with Crippen molar-refractivity contribution in [3.63, 3.8) is 0 Å². The smallest absolute Gasteiger partial charge is 0.274 e. The van der Waals surface area contributed by atoms with Gasteiger partial charge in [-0.1, -0.05) is 63.2 Å². The zero-order chi connectivity index (χ0) is 25.7. The highest BCUT2D eigenvalue weighted by Gasteiger charge is 2.22. The summed E-state index contributed by atoms with van der Waals surface area (Å²) in [7, 11) is 4.01. The summed E-state index contributed by atoms with van der Waals surface area (Å²) in [5, 5.41) is 6.29. The van der Waals surface area contributed by atoms with Crippen molar-refractivity contribution in [1.29, 1.82) is 0 Å². The van der Waals surface area contributed by atoms with Crippen LogP contribution in [0.15, 0.2) is 71.3 Å². The van der Waals surface area contributed by atoms with E-state index < -0.39 is 0 Å². The second-order valence-corrected chi connectivity index (χ2v) is 9.84. The predicted octanol–water partition coefficient (Wildman–Crippen LogP) is 5.32. The fourth-order valence-electron chi connectivity index (χ4n) is 3.49. The van der Waals surface area contributed by atoms with Crippen molar-refractivity contribution < 1.29 is 9.21 Å². The largest absolute Gasteiger partial charge is 0.441 e. The van der Waals surface area contributed by atoms with E-state index in [1.165, 1.54) is 0 Å². The molecule has 8 nitrogen and oxygen atoms in total. The highest BCUT2D eigenvalue weighted by molar-refractivity contribution is 6.05. The monoisotopic (exact) mass is 484 g/mol. The molecule has 0 fully saturated rings. The van der Waals surface area contributed by atoms with Crippen LogP contribution in [-0.2, 0) is 5.41 Å². The van der Waals surface area contributed by atoms with Gasteiger partial charge in [0.05, 0.1) is 17.4 Å². The zero-order valence-corrected chi connectivity index (χ0v) is 21.4. The summed E-state index contributed by atoms with van der Waals surface area (Å²) in [6.07, 6.45) is 1.73. The molecule has 4 aromatic rings. The molecule has 0 aliphatic carbocycles. The van der Waals surface area contributed by atoms with Gasteiger partial charge >= 0.3 is 0 Å². The number of amides is 1. The zero-order valence-electron chi connectivity index (χ0n) is 21.4. The van der Waals surface area contributed by atoms with Crippen LogP contribution in [0.3, 0.4) is 0 Å². The molecule has 2 aromatic carbocycles. The van der Waals surface area contributed by atoms with E-state index >= 15 is 0 Å². The van der Waals surface area contributed by atoms with Crippen LogP contribution in [0.5, 0.6) is 0 Å². The molecule has 0 unspecified atom stereocenters. The number of hydrogen-bond acceptors (Lipinski definition) is 7. The number of oxazole rings is 1. The van der Waals surface area contributed by atoms with E-state index in [9.17, 15) is 4.79 Å². The molecule has 0 aliphatic heterocycles. The lowest BCUT2D eigenvalue weighted by molar-refractivity contribution is 0.102. The molecule has 0 saturated heterocycles. The Hall–Kier alpha value is -4.04. The van der Waals surface area contributed by atoms with Gasteiger partial charge in [-0.25, -0.2) is 15.0 Å². The summed E-state index contributed by atoms with van der Waals surface area (Å²) >= 11 is 0. The minimum absolute atomic E-state index is 0.172. The summed E-state index contributed by atoms with van der Waals surface area (Å²) < 4.78 is 6.02. The summed E-state index contributed by atoms with van der Waals surface area (Å²) in [6.45, 7) is 7.70. The topological polar surface area (TPSA) is 96.2 Å². The maximum atomic E-state index is 13.4. The average Bonchev–Trinajstić information content (AvgIpc) is 3.35. The van der Waals surface area contributed by atoms with Gasteiger partial charge in [-0.05, 0) is 26.2 Å². The molecule has 0 spiro atoms. The number of anilines is 2. The lowest BCUT2D eigenvalue weighted by Gasteiger charge is -2.14. The third kappa shape index (κ3) is 6.14. The van der Waals surface area contributed by atoms with Crippen molar-refractivity contribution >= 4 is 17.4 Å². The van der Waals surface area contributed by atoms with Gasteiger partial charge in [-0.3, -0.25) is 4.79 Å². The SMILES string of the molecule is CN(C)CCNc1cc(C(=O)Nc2ccccc2-c2ncc(C(C)(C)C)o2)nc(-c2ccccc2)n1. The first-order chi connectivity index (χ1) is 17.2. The predicted molar refractivity (Wildman–Crippen MR) is 143 cm³/mol. The van der Waals surface area contributed by atoms with Gasteiger partial charge < -0.3 is 20.0 Å². The lowest BCUT2D eigenvalue weighted by Crippen LogP contribution is -2.22. The molecule has 2 aromatic heterocycles. The second-order valence-electron chi connectivity index (χ2n) is 9.84. The number of para-hydroxylation sites is 1. The Balaban J connectivity index is 1.64. The minimum Gasteiger partial charge on any atom is -0.441 e. The summed E-state index contributed by atoms with van der Waals surface area (Å²) in [5.41, 5.74) is 2.20. The Morgan fingerprint density at radius 2 is 1.72 bits per heavy atom. The average molecular weight is 485 g/mol. The fourth-order valence-corrected chi connectivity index (χ4v) is 3.49. The van der Waals surface area contributed by atoms with Gasteiger partial charge in [0.25, 0.3) is 5.91 Å². The summed E-state index contributed by atoms with van der Waals surface area (Å²) in [5.74, 6) is 1.95. The number of hydrogen-bond donors (Lipinski definition) is 2. The van der Waals surface area contributed by atoms with Crippen LogP contribution >= 0.6 is 0 Å². The Morgan fingerprint density at radius 1 is 1.00 bits per heavy atom. The van der Waals surface area contributed by atoms with Gasteiger partial charge in [0, 0.05) is 30.1 Å². The van der Waals surface area contributed by atoms with Crippen LogP contribution in [0.25, 0.3) is 22.8 Å². The molecule has 8 heteroatoms. The molecule has 0 aliphatic rings. The molecular formula is C28H32N6O2. The van der Waals surface area contributed by atoms with Crippen LogP contribution < -0.4 is 10.6 Å². The molecule has 186 valence electrons. The van der Waals surface area contributed by atoms with E-state index in [1.54, 1.807) is 12.3 Å². The molecule has 2 heterocycles. The Labute approximate surface area is 211 Å². The van der Waals surface area contributed by atoms with Crippen molar-refractivity contribution in [1.82, 2.24) is 19.9 Å². The fraction of sp³-hybridized carbons (Fsp3) is 0.286. The normalized spacial score (nSPS) is 11.5. The van der Waals surface area contributed by atoms with Gasteiger partial charge in [0.15, 0.2) is 5.82 Å². The molecule has 1 amide bonds. The molecule has 2 N–H and O–H groups in total. The molecule has 36 heavy (non-hydrogen) atoms. The number of likely N-dealkylation sites (N-methyl/N-ethyl adjacent to an activating group) is 1. The highest BCUT2D eigenvalue weighted by atomic mass is 16.4. The second kappa shape index (κ2) is 10.7. The van der Waals surface area contributed by atoms with E-state index in [1.807, 2.05) is 68.7 Å². The molecule has 0 atom stereocenters. The number of aromatic nitrogens is 3. The van der Waals surface area contributed by atoms with Crippen LogP contribution in [-0.4, -0.2) is 52.9 Å². The minimum atomic E-state index is -0.347. The van der Waals surface area contributed by atoms with E-state index in [-0.39, 0.29) is 17.0 Å². The lowest BCUT2D eigenvalue weighted by atomic mass is 9.94. The maximum Gasteiger partial charge on any atom is 0.274 e. The van der Waals surface area contributed by atoms with E-state index in [2.05, 4.69) is 51.3 Å². The van der Waals surface area contributed by atoms with Gasteiger partial charge in [0.1, 0.15) is 17.3 Å². The Kier molecular flexibility index (Phi) is 7.45. The third-order valence-corrected chi connectivity index (χ3v) is 5.51. The van der Waals surface area contributed by atoms with Crippen LogP contribution in [0.2, 0.25) is 0 Å². The van der Waals surface area contributed by atoms with Gasteiger partial charge in [-0.2, -0.15) is 0 Å². The molecule has 0 saturated carbocycles. The van der Waals surface area contributed by atoms with E-state index in [4.69, 9.17) is 4.42 Å². The van der Waals surface area contributed by atoms with Crippen LogP contribution in [0.1, 0.15) is 37.0 Å². The number of nitrogens with zero attached hydrogens (tertiary/aromatic N) is 4. The first-order valence-corrected chi connectivity index (χ1v) is 11.9. The van der Waals surface area contributed by atoms with Crippen molar-refractivity contribution in [2.45, 2.75) is 26.2 Å². The molecule has 0 bridgehead atoms. The quantitative estimate of drug-likeness (QED) is 0.349. The first-order valence-electron chi connectivity index (χ1n) is 11.9. The first kappa shape index (κ1) is 25.1. The van der Waals surface area contributed by atoms with Gasteiger partial charge in [-0.15, -0.1) is 0 Å². The molecular weight excluding hydrogens is 452 g/mol. The third-order valence-electron chi connectivity index (χ3n) is 5.51. The molecule has 4 rings (SSSR count).